The molecule has 142 valence electrons. The normalized spacial score (nSPS) is 10.8. The molecule has 2 rings (SSSR count). The highest BCUT2D eigenvalue weighted by Gasteiger charge is 2.18. The largest absolute Gasteiger partial charge is 0.496 e. The summed E-state index contributed by atoms with van der Waals surface area (Å²) in [6.07, 6.45) is 7.24. The van der Waals surface area contributed by atoms with Gasteiger partial charge in [-0.1, -0.05) is 13.3 Å². The number of hydrogen-bond acceptors (Lipinski definition) is 6. The standard InChI is InChI=1S/C19H19FN2O5/c1-3-4-7-27-17(23)6-5-12-10-21-18(22-11-12)13-8-14(19(24)25)16(26-2)9-15(13)20/h5-6,8-11H,3-4,7H2,1-2H3,(H,24,25)/b6-5+. The van der Waals surface area contributed by atoms with E-state index in [0.717, 1.165) is 25.0 Å². The van der Waals surface area contributed by atoms with E-state index in [9.17, 15) is 19.1 Å². The van der Waals surface area contributed by atoms with Gasteiger partial charge in [-0.2, -0.15) is 0 Å². The molecule has 0 unspecified atom stereocenters. The summed E-state index contributed by atoms with van der Waals surface area (Å²) in [4.78, 5) is 30.9. The number of carbonyl (C=O) groups excluding carboxylic acids is 1. The molecule has 1 aromatic carbocycles. The number of esters is 1. The molecule has 0 aliphatic heterocycles. The van der Waals surface area contributed by atoms with Gasteiger partial charge in [-0.25, -0.2) is 23.9 Å². The third kappa shape index (κ3) is 5.34. The summed E-state index contributed by atoms with van der Waals surface area (Å²) < 4.78 is 24.1. The lowest BCUT2D eigenvalue weighted by molar-refractivity contribution is -0.137. The number of rotatable bonds is 8. The number of methoxy groups -OCH3 is 1. The van der Waals surface area contributed by atoms with Crippen molar-refractivity contribution in [1.82, 2.24) is 9.97 Å². The first-order valence-electron chi connectivity index (χ1n) is 8.24. The minimum Gasteiger partial charge on any atom is -0.496 e. The zero-order valence-corrected chi connectivity index (χ0v) is 14.9. The summed E-state index contributed by atoms with van der Waals surface area (Å²) in [5, 5.41) is 9.21. The molecule has 0 atom stereocenters. The number of unbranched alkanes of at least 4 members (excludes halogenated alkanes) is 1. The summed E-state index contributed by atoms with van der Waals surface area (Å²) in [5.74, 6) is -2.51. The summed E-state index contributed by atoms with van der Waals surface area (Å²) in [5.41, 5.74) is 0.248. The van der Waals surface area contributed by atoms with Gasteiger partial charge in [-0.3, -0.25) is 0 Å². The second-order valence-corrected chi connectivity index (χ2v) is 5.53. The molecule has 0 saturated heterocycles. The molecule has 1 heterocycles. The van der Waals surface area contributed by atoms with Crippen LogP contribution < -0.4 is 4.74 Å². The molecule has 8 heteroatoms. The van der Waals surface area contributed by atoms with Gasteiger partial charge in [-0.05, 0) is 18.6 Å². The molecule has 2 aromatic rings. The van der Waals surface area contributed by atoms with E-state index in [4.69, 9.17) is 9.47 Å². The van der Waals surface area contributed by atoms with E-state index in [-0.39, 0.29) is 22.7 Å². The first-order valence-corrected chi connectivity index (χ1v) is 8.24. The maximum absolute atomic E-state index is 14.2. The second-order valence-electron chi connectivity index (χ2n) is 5.53. The van der Waals surface area contributed by atoms with Gasteiger partial charge in [0.25, 0.3) is 0 Å². The Hall–Kier alpha value is -3.29. The lowest BCUT2D eigenvalue weighted by atomic mass is 10.1. The Bertz CT molecular complexity index is 850. The predicted molar refractivity (Wildman–Crippen MR) is 95.8 cm³/mol. The lowest BCUT2D eigenvalue weighted by Gasteiger charge is -2.08. The molecular weight excluding hydrogens is 355 g/mol. The van der Waals surface area contributed by atoms with Crippen molar-refractivity contribution in [3.05, 3.63) is 47.5 Å². The van der Waals surface area contributed by atoms with Gasteiger partial charge >= 0.3 is 11.9 Å². The van der Waals surface area contributed by atoms with Crippen LogP contribution >= 0.6 is 0 Å². The number of aromatic carboxylic acids is 1. The summed E-state index contributed by atoms with van der Waals surface area (Å²) >= 11 is 0. The Morgan fingerprint density at radius 3 is 2.56 bits per heavy atom. The topological polar surface area (TPSA) is 98.6 Å². The van der Waals surface area contributed by atoms with Crippen molar-refractivity contribution >= 4 is 18.0 Å². The van der Waals surface area contributed by atoms with E-state index in [1.54, 1.807) is 0 Å². The Labute approximate surface area is 155 Å². The van der Waals surface area contributed by atoms with Crippen molar-refractivity contribution < 1.29 is 28.6 Å². The summed E-state index contributed by atoms with van der Waals surface area (Å²) in [6.45, 7) is 2.35. The van der Waals surface area contributed by atoms with E-state index in [1.165, 1.54) is 31.7 Å². The highest BCUT2D eigenvalue weighted by Crippen LogP contribution is 2.28. The van der Waals surface area contributed by atoms with Crippen LogP contribution in [0.5, 0.6) is 5.75 Å². The number of ether oxygens (including phenoxy) is 2. The van der Waals surface area contributed by atoms with Crippen molar-refractivity contribution in [3.8, 4) is 17.1 Å². The van der Waals surface area contributed by atoms with Crippen molar-refractivity contribution in [3.63, 3.8) is 0 Å². The first-order chi connectivity index (χ1) is 13.0. The molecule has 0 bridgehead atoms. The Balaban J connectivity index is 2.19. The summed E-state index contributed by atoms with van der Waals surface area (Å²) in [7, 11) is 1.26. The van der Waals surface area contributed by atoms with Crippen LogP contribution in [0.4, 0.5) is 4.39 Å². The highest BCUT2D eigenvalue weighted by molar-refractivity contribution is 5.92. The van der Waals surface area contributed by atoms with Gasteiger partial charge < -0.3 is 14.6 Å². The maximum atomic E-state index is 14.2. The van der Waals surface area contributed by atoms with Crippen LogP contribution in [0.25, 0.3) is 17.5 Å². The lowest BCUT2D eigenvalue weighted by Crippen LogP contribution is -2.03. The Morgan fingerprint density at radius 1 is 1.26 bits per heavy atom. The molecule has 0 saturated carbocycles. The number of nitrogens with zero attached hydrogens (tertiary/aromatic N) is 2. The molecule has 0 aliphatic carbocycles. The number of carbonyl (C=O) groups is 2. The van der Waals surface area contributed by atoms with E-state index in [1.807, 2.05) is 6.92 Å². The number of halogens is 1. The number of aromatic nitrogens is 2. The van der Waals surface area contributed by atoms with E-state index < -0.39 is 17.8 Å². The molecule has 0 amide bonds. The van der Waals surface area contributed by atoms with E-state index in [2.05, 4.69) is 9.97 Å². The average Bonchev–Trinajstić information content (AvgIpc) is 2.66. The van der Waals surface area contributed by atoms with Crippen LogP contribution in [-0.2, 0) is 9.53 Å². The second kappa shape index (κ2) is 9.42. The monoisotopic (exact) mass is 374 g/mol. The van der Waals surface area contributed by atoms with Gasteiger partial charge in [0, 0.05) is 30.1 Å². The molecule has 0 aliphatic rings. The van der Waals surface area contributed by atoms with Gasteiger partial charge in [0.15, 0.2) is 5.82 Å². The third-order valence-electron chi connectivity index (χ3n) is 3.59. The smallest absolute Gasteiger partial charge is 0.339 e. The predicted octanol–water partition coefficient (Wildman–Crippen LogP) is 3.35. The zero-order chi connectivity index (χ0) is 19.8. The zero-order valence-electron chi connectivity index (χ0n) is 14.9. The molecular formula is C19H19FN2O5. The van der Waals surface area contributed by atoms with E-state index in [0.29, 0.717) is 12.2 Å². The maximum Gasteiger partial charge on any atom is 0.339 e. The molecule has 0 fully saturated rings. The minimum atomic E-state index is -1.26. The van der Waals surface area contributed by atoms with Crippen LogP contribution in [0.3, 0.4) is 0 Å². The summed E-state index contributed by atoms with van der Waals surface area (Å²) in [6, 6.07) is 2.09. The fourth-order valence-electron chi connectivity index (χ4n) is 2.16. The van der Waals surface area contributed by atoms with Crippen LogP contribution in [0.15, 0.2) is 30.6 Å². The number of benzene rings is 1. The quantitative estimate of drug-likeness (QED) is 0.430. The molecule has 7 nitrogen and oxygen atoms in total. The van der Waals surface area contributed by atoms with Crippen molar-refractivity contribution in [2.45, 2.75) is 19.8 Å². The van der Waals surface area contributed by atoms with E-state index >= 15 is 0 Å². The van der Waals surface area contributed by atoms with Crippen LogP contribution in [0.1, 0.15) is 35.7 Å². The van der Waals surface area contributed by atoms with Crippen LogP contribution in [0, 0.1) is 5.82 Å². The molecule has 27 heavy (non-hydrogen) atoms. The minimum absolute atomic E-state index is 0.0142. The third-order valence-corrected chi connectivity index (χ3v) is 3.59. The highest BCUT2D eigenvalue weighted by atomic mass is 19.1. The fourth-order valence-corrected chi connectivity index (χ4v) is 2.16. The van der Waals surface area contributed by atoms with Crippen molar-refractivity contribution in [1.29, 1.82) is 0 Å². The number of carboxylic acids is 1. The average molecular weight is 374 g/mol. The van der Waals surface area contributed by atoms with Gasteiger partial charge in [0.1, 0.15) is 17.1 Å². The van der Waals surface area contributed by atoms with Crippen LogP contribution in [-0.4, -0.2) is 40.7 Å². The van der Waals surface area contributed by atoms with Gasteiger partial charge in [-0.15, -0.1) is 0 Å². The molecule has 1 N–H and O–H groups in total. The first kappa shape index (κ1) is 20.0. The van der Waals surface area contributed by atoms with Crippen molar-refractivity contribution in [2.75, 3.05) is 13.7 Å². The Kier molecular flexibility index (Phi) is 6.99. The van der Waals surface area contributed by atoms with Crippen molar-refractivity contribution in [2.24, 2.45) is 0 Å². The fraction of sp³-hybridized carbons (Fsp3) is 0.263. The molecule has 1 aromatic heterocycles. The Morgan fingerprint density at radius 2 is 1.96 bits per heavy atom. The van der Waals surface area contributed by atoms with Gasteiger partial charge in [0.2, 0.25) is 0 Å². The van der Waals surface area contributed by atoms with Crippen LogP contribution in [0.2, 0.25) is 0 Å². The molecule has 0 radical (unpaired) electrons. The number of carboxylic acid groups (broad SMARTS) is 1. The SMILES string of the molecule is CCCCOC(=O)/C=C/c1cnc(-c2cc(C(=O)O)c(OC)cc2F)nc1. The molecule has 0 spiro atoms. The number of hydrogen-bond donors (Lipinski definition) is 1. The van der Waals surface area contributed by atoms with Gasteiger partial charge in [0.05, 0.1) is 19.3 Å².